The number of benzene rings is 4. The van der Waals surface area contributed by atoms with E-state index in [-0.39, 0.29) is 13.2 Å². The minimum Gasteiger partial charge on any atom is -0.489 e. The van der Waals surface area contributed by atoms with Crippen LogP contribution in [0.15, 0.2) is 84.9 Å². The summed E-state index contributed by atoms with van der Waals surface area (Å²) in [6.45, 7) is 1.26. The molecular formula is C28H28O4. The quantitative estimate of drug-likeness (QED) is 0.370. The molecule has 0 aliphatic rings. The zero-order chi connectivity index (χ0) is 22.2. The van der Waals surface area contributed by atoms with Crippen molar-refractivity contribution in [1.82, 2.24) is 0 Å². The number of rotatable bonds is 10. The third kappa shape index (κ3) is 5.47. The van der Waals surface area contributed by atoms with Gasteiger partial charge in [0, 0.05) is 13.2 Å². The first-order valence-electron chi connectivity index (χ1n) is 10.9. The van der Waals surface area contributed by atoms with Gasteiger partial charge in [-0.3, -0.25) is 0 Å². The smallest absolute Gasteiger partial charge is 0.119 e. The molecule has 4 heteroatoms. The molecule has 0 aliphatic heterocycles. The molecule has 0 aliphatic carbocycles. The van der Waals surface area contributed by atoms with Crippen LogP contribution in [0, 0.1) is 0 Å². The molecule has 0 fully saturated rings. The Balaban J connectivity index is 1.46. The van der Waals surface area contributed by atoms with Gasteiger partial charge in [0.15, 0.2) is 0 Å². The first-order chi connectivity index (χ1) is 15.8. The lowest BCUT2D eigenvalue weighted by atomic mass is 10.00. The van der Waals surface area contributed by atoms with Crippen LogP contribution in [0.4, 0.5) is 0 Å². The molecular weight excluding hydrogens is 400 g/mol. The van der Waals surface area contributed by atoms with Crippen LogP contribution in [0.25, 0.3) is 10.8 Å². The molecule has 2 N–H and O–H groups in total. The van der Waals surface area contributed by atoms with E-state index in [2.05, 4.69) is 24.3 Å². The summed E-state index contributed by atoms with van der Waals surface area (Å²) >= 11 is 0. The fourth-order valence-corrected chi connectivity index (χ4v) is 3.76. The van der Waals surface area contributed by atoms with Crippen LogP contribution in [0.3, 0.4) is 0 Å². The minimum absolute atomic E-state index is 0.150. The SMILES string of the molecule is OCCc1ccc(OCc2ccc(COc3ccc(CCO)cc3)c3ccccc23)cc1. The molecule has 0 saturated carbocycles. The molecule has 0 heterocycles. The molecule has 0 radical (unpaired) electrons. The Bertz CT molecular complexity index is 1040. The summed E-state index contributed by atoms with van der Waals surface area (Å²) in [6.07, 6.45) is 1.31. The van der Waals surface area contributed by atoms with Crippen molar-refractivity contribution in [1.29, 1.82) is 0 Å². The topological polar surface area (TPSA) is 58.9 Å². The minimum atomic E-state index is 0.150. The molecule has 4 aromatic rings. The fraction of sp³-hybridized carbons (Fsp3) is 0.214. The number of ether oxygens (including phenoxy) is 2. The maximum Gasteiger partial charge on any atom is 0.119 e. The average molecular weight is 429 g/mol. The molecule has 32 heavy (non-hydrogen) atoms. The standard InChI is InChI=1S/C28H28O4/c29-17-15-21-5-11-25(12-6-21)31-19-23-9-10-24(28-4-2-1-3-27(23)28)20-32-26-13-7-22(8-14-26)16-18-30/h1-14,29-30H,15-20H2. The summed E-state index contributed by atoms with van der Waals surface area (Å²) in [4.78, 5) is 0. The second-order valence-corrected chi connectivity index (χ2v) is 7.74. The van der Waals surface area contributed by atoms with E-state index in [1.165, 1.54) is 0 Å². The Kier molecular flexibility index (Phi) is 7.38. The van der Waals surface area contributed by atoms with Crippen LogP contribution in [-0.4, -0.2) is 23.4 Å². The number of fused-ring (bicyclic) bond motifs is 1. The maximum atomic E-state index is 9.05. The van der Waals surface area contributed by atoms with Crippen molar-refractivity contribution >= 4 is 10.8 Å². The van der Waals surface area contributed by atoms with Crippen molar-refractivity contribution in [2.45, 2.75) is 26.1 Å². The number of hydrogen-bond acceptors (Lipinski definition) is 4. The van der Waals surface area contributed by atoms with Crippen LogP contribution >= 0.6 is 0 Å². The van der Waals surface area contributed by atoms with Gasteiger partial charge in [0.1, 0.15) is 24.7 Å². The van der Waals surface area contributed by atoms with Crippen molar-refractivity contribution in [3.63, 3.8) is 0 Å². The van der Waals surface area contributed by atoms with Gasteiger partial charge in [-0.15, -0.1) is 0 Å². The van der Waals surface area contributed by atoms with Gasteiger partial charge in [0.2, 0.25) is 0 Å². The molecule has 4 aromatic carbocycles. The molecule has 0 atom stereocenters. The summed E-state index contributed by atoms with van der Waals surface area (Å²) in [7, 11) is 0. The predicted molar refractivity (Wildman–Crippen MR) is 127 cm³/mol. The highest BCUT2D eigenvalue weighted by Gasteiger charge is 2.08. The van der Waals surface area contributed by atoms with Gasteiger partial charge in [0.25, 0.3) is 0 Å². The Labute approximate surface area is 188 Å². The van der Waals surface area contributed by atoms with Crippen LogP contribution < -0.4 is 9.47 Å². The maximum absolute atomic E-state index is 9.05. The lowest BCUT2D eigenvalue weighted by molar-refractivity contribution is 0.298. The molecule has 164 valence electrons. The van der Waals surface area contributed by atoms with Crippen molar-refractivity contribution in [3.8, 4) is 11.5 Å². The second-order valence-electron chi connectivity index (χ2n) is 7.74. The van der Waals surface area contributed by atoms with Gasteiger partial charge < -0.3 is 19.7 Å². The molecule has 0 bridgehead atoms. The van der Waals surface area contributed by atoms with E-state index in [0.29, 0.717) is 26.1 Å². The number of aliphatic hydroxyl groups is 2. The largest absolute Gasteiger partial charge is 0.489 e. The van der Waals surface area contributed by atoms with E-state index in [4.69, 9.17) is 19.7 Å². The van der Waals surface area contributed by atoms with Crippen LogP contribution in [0.5, 0.6) is 11.5 Å². The monoisotopic (exact) mass is 428 g/mol. The van der Waals surface area contributed by atoms with Crippen molar-refractivity contribution < 1.29 is 19.7 Å². The van der Waals surface area contributed by atoms with Gasteiger partial charge in [-0.2, -0.15) is 0 Å². The first-order valence-corrected chi connectivity index (χ1v) is 10.9. The van der Waals surface area contributed by atoms with Crippen molar-refractivity contribution in [2.24, 2.45) is 0 Å². The van der Waals surface area contributed by atoms with Crippen LogP contribution in [0.1, 0.15) is 22.3 Å². The second kappa shape index (κ2) is 10.8. The van der Waals surface area contributed by atoms with E-state index in [9.17, 15) is 0 Å². The number of hydrogen-bond donors (Lipinski definition) is 2. The summed E-state index contributed by atoms with van der Waals surface area (Å²) < 4.78 is 12.0. The van der Waals surface area contributed by atoms with E-state index >= 15 is 0 Å². The van der Waals surface area contributed by atoms with Gasteiger partial charge in [-0.25, -0.2) is 0 Å². The Morgan fingerprint density at radius 2 is 0.906 bits per heavy atom. The van der Waals surface area contributed by atoms with E-state index in [0.717, 1.165) is 44.5 Å². The van der Waals surface area contributed by atoms with E-state index < -0.39 is 0 Å². The molecule has 0 amide bonds. The summed E-state index contributed by atoms with van der Waals surface area (Å²) in [5.74, 6) is 1.63. The zero-order valence-electron chi connectivity index (χ0n) is 18.0. The van der Waals surface area contributed by atoms with E-state index in [1.807, 2.05) is 60.7 Å². The predicted octanol–water partition coefficient (Wildman–Crippen LogP) is 5.07. The summed E-state index contributed by atoms with van der Waals surface area (Å²) in [5, 5.41) is 20.4. The Morgan fingerprint density at radius 1 is 0.500 bits per heavy atom. The first kappa shape index (κ1) is 21.9. The Hall–Kier alpha value is -3.34. The lowest BCUT2D eigenvalue weighted by Crippen LogP contribution is -2.01. The van der Waals surface area contributed by atoms with Gasteiger partial charge in [0.05, 0.1) is 0 Å². The highest BCUT2D eigenvalue weighted by atomic mass is 16.5. The normalized spacial score (nSPS) is 10.9. The van der Waals surface area contributed by atoms with Crippen molar-refractivity contribution in [3.05, 3.63) is 107 Å². The van der Waals surface area contributed by atoms with Gasteiger partial charge in [-0.1, -0.05) is 60.7 Å². The highest BCUT2D eigenvalue weighted by Crippen LogP contribution is 2.26. The van der Waals surface area contributed by atoms with Crippen LogP contribution in [0.2, 0.25) is 0 Å². The fourth-order valence-electron chi connectivity index (χ4n) is 3.76. The van der Waals surface area contributed by atoms with E-state index in [1.54, 1.807) is 0 Å². The molecule has 4 rings (SSSR count). The molecule has 0 spiro atoms. The summed E-state index contributed by atoms with van der Waals surface area (Å²) in [5.41, 5.74) is 4.43. The lowest BCUT2D eigenvalue weighted by Gasteiger charge is -2.14. The van der Waals surface area contributed by atoms with Gasteiger partial charge >= 0.3 is 0 Å². The zero-order valence-corrected chi connectivity index (χ0v) is 18.0. The van der Waals surface area contributed by atoms with Crippen LogP contribution in [-0.2, 0) is 26.1 Å². The van der Waals surface area contributed by atoms with Crippen molar-refractivity contribution in [2.75, 3.05) is 13.2 Å². The summed E-state index contributed by atoms with van der Waals surface area (Å²) in [6, 6.07) is 28.3. The average Bonchev–Trinajstić information content (AvgIpc) is 2.84. The molecule has 4 nitrogen and oxygen atoms in total. The number of aliphatic hydroxyl groups excluding tert-OH is 2. The molecule has 0 saturated heterocycles. The third-order valence-corrected chi connectivity index (χ3v) is 5.54. The molecule has 0 unspecified atom stereocenters. The molecule has 0 aromatic heterocycles. The highest BCUT2D eigenvalue weighted by molar-refractivity contribution is 5.88. The third-order valence-electron chi connectivity index (χ3n) is 5.54. The van der Waals surface area contributed by atoms with Gasteiger partial charge in [-0.05, 0) is 70.1 Å². The Morgan fingerprint density at radius 3 is 1.28 bits per heavy atom.